The standard InChI is InChI=1S/C17H21NO5/c1-20-13-10-12(15(19)11-8-6-5-7-9-11)14(18)16(21-2)17(13,22-3)23-4/h5-10,16H,18H2,1-4H3. The van der Waals surface area contributed by atoms with Crippen molar-refractivity contribution in [3.05, 3.63) is 59.0 Å². The van der Waals surface area contributed by atoms with Gasteiger partial charge in [0.15, 0.2) is 17.6 Å². The highest BCUT2D eigenvalue weighted by Gasteiger charge is 2.50. The van der Waals surface area contributed by atoms with Crippen LogP contribution in [-0.2, 0) is 18.9 Å². The van der Waals surface area contributed by atoms with Crippen LogP contribution in [0.25, 0.3) is 0 Å². The third-order valence-corrected chi connectivity index (χ3v) is 3.90. The molecule has 0 fully saturated rings. The molecule has 0 bridgehead atoms. The summed E-state index contributed by atoms with van der Waals surface area (Å²) in [6.07, 6.45) is 0.716. The molecule has 0 amide bonds. The molecule has 0 aromatic heterocycles. The van der Waals surface area contributed by atoms with E-state index < -0.39 is 11.9 Å². The van der Waals surface area contributed by atoms with E-state index in [1.807, 2.05) is 6.07 Å². The maximum Gasteiger partial charge on any atom is 0.260 e. The molecule has 1 aromatic carbocycles. The van der Waals surface area contributed by atoms with Gasteiger partial charge in [0.05, 0.1) is 12.8 Å². The van der Waals surface area contributed by atoms with Crippen molar-refractivity contribution >= 4 is 5.78 Å². The predicted octanol–water partition coefficient (Wildman–Crippen LogP) is 1.63. The van der Waals surface area contributed by atoms with Crippen molar-refractivity contribution in [2.75, 3.05) is 28.4 Å². The first kappa shape index (κ1) is 17.2. The first-order valence-electron chi connectivity index (χ1n) is 7.04. The quantitative estimate of drug-likeness (QED) is 0.634. The van der Waals surface area contributed by atoms with Crippen LogP contribution in [0, 0.1) is 0 Å². The second-order valence-electron chi connectivity index (χ2n) is 4.97. The smallest absolute Gasteiger partial charge is 0.260 e. The van der Waals surface area contributed by atoms with E-state index >= 15 is 0 Å². The molecule has 124 valence electrons. The molecule has 1 aliphatic carbocycles. The second-order valence-corrected chi connectivity index (χ2v) is 4.97. The van der Waals surface area contributed by atoms with E-state index in [1.165, 1.54) is 34.5 Å². The number of ether oxygens (including phenoxy) is 4. The molecule has 1 aliphatic rings. The summed E-state index contributed by atoms with van der Waals surface area (Å²) in [6.45, 7) is 0. The molecule has 1 atom stereocenters. The maximum atomic E-state index is 12.7. The third kappa shape index (κ3) is 2.76. The van der Waals surface area contributed by atoms with Crippen LogP contribution in [0.1, 0.15) is 10.4 Å². The number of carbonyl (C=O) groups is 1. The fourth-order valence-corrected chi connectivity index (χ4v) is 2.71. The highest BCUT2D eigenvalue weighted by atomic mass is 16.7. The summed E-state index contributed by atoms with van der Waals surface area (Å²) in [5.74, 6) is -1.25. The van der Waals surface area contributed by atoms with Gasteiger partial charge in [0.1, 0.15) is 0 Å². The minimum absolute atomic E-state index is 0.222. The Balaban J connectivity index is 2.56. The average Bonchev–Trinajstić information content (AvgIpc) is 2.61. The zero-order chi connectivity index (χ0) is 17.0. The first-order valence-corrected chi connectivity index (χ1v) is 7.04. The zero-order valence-corrected chi connectivity index (χ0v) is 13.7. The van der Waals surface area contributed by atoms with Gasteiger partial charge in [-0.05, 0) is 6.08 Å². The van der Waals surface area contributed by atoms with Crippen LogP contribution in [0.2, 0.25) is 0 Å². The summed E-state index contributed by atoms with van der Waals surface area (Å²) in [6, 6.07) is 8.86. The topological polar surface area (TPSA) is 80.0 Å². The van der Waals surface area contributed by atoms with E-state index in [4.69, 9.17) is 24.7 Å². The number of methoxy groups -OCH3 is 4. The number of carbonyl (C=O) groups excluding carboxylic acids is 1. The van der Waals surface area contributed by atoms with Crippen molar-refractivity contribution in [1.82, 2.24) is 0 Å². The lowest BCUT2D eigenvalue weighted by Gasteiger charge is -2.40. The Morgan fingerprint density at radius 3 is 2.17 bits per heavy atom. The van der Waals surface area contributed by atoms with Crippen LogP contribution in [0.15, 0.2) is 53.4 Å². The molecule has 23 heavy (non-hydrogen) atoms. The van der Waals surface area contributed by atoms with Crippen molar-refractivity contribution in [2.24, 2.45) is 5.73 Å². The molecule has 0 heterocycles. The van der Waals surface area contributed by atoms with Crippen LogP contribution in [0.5, 0.6) is 0 Å². The average molecular weight is 319 g/mol. The van der Waals surface area contributed by atoms with Gasteiger partial charge in [0.25, 0.3) is 5.79 Å². The number of Topliss-reactive ketones (excluding diaryl/α,β-unsaturated/α-hetero) is 1. The molecular weight excluding hydrogens is 298 g/mol. The second kappa shape index (κ2) is 6.95. The van der Waals surface area contributed by atoms with Crippen LogP contribution < -0.4 is 5.73 Å². The number of ketones is 1. The van der Waals surface area contributed by atoms with E-state index in [0.29, 0.717) is 16.9 Å². The molecule has 2 N–H and O–H groups in total. The zero-order valence-electron chi connectivity index (χ0n) is 13.7. The Hall–Kier alpha value is -2.15. The summed E-state index contributed by atoms with van der Waals surface area (Å²) in [4.78, 5) is 12.7. The van der Waals surface area contributed by atoms with Gasteiger partial charge in [-0.3, -0.25) is 4.79 Å². The van der Waals surface area contributed by atoms with Crippen LogP contribution in [0.3, 0.4) is 0 Å². The third-order valence-electron chi connectivity index (χ3n) is 3.90. The van der Waals surface area contributed by atoms with Gasteiger partial charge < -0.3 is 24.7 Å². The monoisotopic (exact) mass is 319 g/mol. The highest BCUT2D eigenvalue weighted by Crippen LogP contribution is 2.37. The number of hydrogen-bond donors (Lipinski definition) is 1. The Morgan fingerprint density at radius 1 is 1.09 bits per heavy atom. The number of nitrogens with two attached hydrogens (primary N) is 1. The van der Waals surface area contributed by atoms with Gasteiger partial charge >= 0.3 is 0 Å². The molecule has 0 spiro atoms. The van der Waals surface area contributed by atoms with E-state index in [0.717, 1.165) is 0 Å². The summed E-state index contributed by atoms with van der Waals surface area (Å²) in [7, 11) is 5.85. The predicted molar refractivity (Wildman–Crippen MR) is 84.6 cm³/mol. The molecule has 1 aromatic rings. The molecule has 0 saturated heterocycles. The summed E-state index contributed by atoms with van der Waals surface area (Å²) in [5.41, 5.74) is 7.24. The fraction of sp³-hybridized carbons (Fsp3) is 0.353. The van der Waals surface area contributed by atoms with Crippen LogP contribution in [-0.4, -0.2) is 46.1 Å². The first-order chi connectivity index (χ1) is 11.1. The van der Waals surface area contributed by atoms with Gasteiger partial charge in [-0.1, -0.05) is 30.3 Å². The molecule has 1 unspecified atom stereocenters. The van der Waals surface area contributed by atoms with Crippen molar-refractivity contribution in [2.45, 2.75) is 11.9 Å². The molecular formula is C17H21NO5. The lowest BCUT2D eigenvalue weighted by atomic mass is 9.89. The Kier molecular flexibility index (Phi) is 5.20. The largest absolute Gasteiger partial charge is 0.495 e. The molecule has 0 saturated carbocycles. The molecule has 2 rings (SSSR count). The minimum Gasteiger partial charge on any atom is -0.495 e. The SMILES string of the molecule is COC1=CC(C(=O)c2ccccc2)=C(N)C(OC)C1(OC)OC. The Labute approximate surface area is 135 Å². The van der Waals surface area contributed by atoms with Crippen molar-refractivity contribution < 1.29 is 23.7 Å². The normalized spacial score (nSPS) is 20.2. The van der Waals surface area contributed by atoms with E-state index in [2.05, 4.69) is 0 Å². The van der Waals surface area contributed by atoms with Gasteiger partial charge in [-0.15, -0.1) is 0 Å². The van der Waals surface area contributed by atoms with Crippen LogP contribution in [0.4, 0.5) is 0 Å². The molecule has 6 heteroatoms. The lowest BCUT2D eigenvalue weighted by molar-refractivity contribution is -0.249. The molecule has 0 radical (unpaired) electrons. The number of rotatable bonds is 6. The fourth-order valence-electron chi connectivity index (χ4n) is 2.71. The van der Waals surface area contributed by atoms with Gasteiger partial charge in [0, 0.05) is 32.5 Å². The van der Waals surface area contributed by atoms with Crippen LogP contribution >= 0.6 is 0 Å². The van der Waals surface area contributed by atoms with E-state index in [1.54, 1.807) is 24.3 Å². The molecule has 6 nitrogen and oxygen atoms in total. The van der Waals surface area contributed by atoms with E-state index in [-0.39, 0.29) is 11.5 Å². The summed E-state index contributed by atoms with van der Waals surface area (Å²) >= 11 is 0. The Morgan fingerprint density at radius 2 is 1.70 bits per heavy atom. The minimum atomic E-state index is -1.34. The number of benzene rings is 1. The van der Waals surface area contributed by atoms with Crippen molar-refractivity contribution in [3.8, 4) is 0 Å². The van der Waals surface area contributed by atoms with Crippen molar-refractivity contribution in [1.29, 1.82) is 0 Å². The molecule has 0 aliphatic heterocycles. The van der Waals surface area contributed by atoms with Gasteiger partial charge in [-0.25, -0.2) is 0 Å². The maximum absolute atomic E-state index is 12.7. The van der Waals surface area contributed by atoms with Gasteiger partial charge in [-0.2, -0.15) is 0 Å². The van der Waals surface area contributed by atoms with E-state index in [9.17, 15) is 4.79 Å². The number of hydrogen-bond acceptors (Lipinski definition) is 6. The van der Waals surface area contributed by atoms with Gasteiger partial charge in [0.2, 0.25) is 0 Å². The highest BCUT2D eigenvalue weighted by molar-refractivity contribution is 6.11. The summed E-state index contributed by atoms with van der Waals surface area (Å²) in [5, 5.41) is 0. The number of allylic oxidation sites excluding steroid dienone is 2. The Bertz CT molecular complexity index is 632. The van der Waals surface area contributed by atoms with Crippen molar-refractivity contribution in [3.63, 3.8) is 0 Å². The summed E-state index contributed by atoms with van der Waals surface area (Å²) < 4.78 is 21.8. The lowest BCUT2D eigenvalue weighted by Crippen LogP contribution is -2.54.